The fourth-order valence-corrected chi connectivity index (χ4v) is 1.15. The molecule has 0 rings (SSSR count). The summed E-state index contributed by atoms with van der Waals surface area (Å²) in [7, 11) is 1.47. The summed E-state index contributed by atoms with van der Waals surface area (Å²) in [6.07, 6.45) is 5.46. The van der Waals surface area contributed by atoms with Crippen LogP contribution >= 0.6 is 0 Å². The van der Waals surface area contributed by atoms with Gasteiger partial charge in [0.2, 0.25) is 0 Å². The number of hydrogen-bond donors (Lipinski definition) is 1. The molecule has 0 heterocycles. The molecule has 14 heavy (non-hydrogen) atoms. The summed E-state index contributed by atoms with van der Waals surface area (Å²) in [5, 5.41) is 0. The molecule has 1 atom stereocenters. The molecule has 4 nitrogen and oxygen atoms in total. The highest BCUT2D eigenvalue weighted by molar-refractivity contribution is 5.81. The fraction of sp³-hybridized carbons (Fsp3) is 0.700. The molecule has 2 N–H and O–H groups in total. The van der Waals surface area contributed by atoms with Crippen molar-refractivity contribution < 1.29 is 9.53 Å². The van der Waals surface area contributed by atoms with Gasteiger partial charge in [-0.05, 0) is 6.42 Å². The molecule has 0 spiro atoms. The number of rotatable bonds is 6. The first-order chi connectivity index (χ1) is 6.71. The Hall–Kier alpha value is -1.05. The molecule has 4 heteroatoms. The normalized spacial score (nSPS) is 11.9. The number of amides is 1. The van der Waals surface area contributed by atoms with Gasteiger partial charge in [-0.25, -0.2) is 0 Å². The molecule has 80 valence electrons. The van der Waals surface area contributed by atoms with E-state index < -0.39 is 6.10 Å². The van der Waals surface area contributed by atoms with E-state index in [1.807, 2.05) is 6.92 Å². The van der Waals surface area contributed by atoms with Crippen LogP contribution in [0.15, 0.2) is 0 Å². The lowest BCUT2D eigenvalue weighted by Gasteiger charge is -2.23. The molecular weight excluding hydrogens is 180 g/mol. The van der Waals surface area contributed by atoms with Gasteiger partial charge >= 0.3 is 0 Å². The van der Waals surface area contributed by atoms with Gasteiger partial charge in [-0.1, -0.05) is 12.8 Å². The van der Waals surface area contributed by atoms with Crippen molar-refractivity contribution in [2.75, 3.05) is 26.7 Å². The summed E-state index contributed by atoms with van der Waals surface area (Å²) in [5.74, 6) is 2.32. The third-order valence-corrected chi connectivity index (χ3v) is 1.86. The maximum absolute atomic E-state index is 11.7. The first-order valence-electron chi connectivity index (χ1n) is 4.66. The Morgan fingerprint density at radius 1 is 1.71 bits per heavy atom. The molecule has 0 aromatic carbocycles. The topological polar surface area (TPSA) is 55.6 Å². The lowest BCUT2D eigenvalue weighted by atomic mass is 10.3. The van der Waals surface area contributed by atoms with Gasteiger partial charge in [-0.15, -0.1) is 6.42 Å². The van der Waals surface area contributed by atoms with Gasteiger partial charge in [-0.3, -0.25) is 4.79 Å². The molecule has 0 aromatic heterocycles. The molecule has 0 saturated carbocycles. The van der Waals surface area contributed by atoms with Crippen LogP contribution in [0.1, 0.15) is 13.3 Å². The van der Waals surface area contributed by atoms with Gasteiger partial charge in [-0.2, -0.15) is 0 Å². The lowest BCUT2D eigenvalue weighted by molar-refractivity contribution is -0.140. The number of terminal acetylenes is 1. The zero-order chi connectivity index (χ0) is 11.0. The number of ether oxygens (including phenoxy) is 1. The third kappa shape index (κ3) is 3.77. The first kappa shape index (κ1) is 12.9. The van der Waals surface area contributed by atoms with E-state index in [0.29, 0.717) is 13.1 Å². The van der Waals surface area contributed by atoms with Crippen LogP contribution < -0.4 is 5.73 Å². The molecule has 0 bridgehead atoms. The molecule has 0 fully saturated rings. The molecule has 0 aliphatic heterocycles. The maximum Gasteiger partial charge on any atom is 0.253 e. The van der Waals surface area contributed by atoms with Crippen LogP contribution in [-0.4, -0.2) is 43.7 Å². The fourth-order valence-electron chi connectivity index (χ4n) is 1.15. The highest BCUT2D eigenvalue weighted by Crippen LogP contribution is 1.98. The predicted octanol–water partition coefficient (Wildman–Crippen LogP) is -0.168. The number of carbonyl (C=O) groups excluding carboxylic acids is 1. The minimum atomic E-state index is -0.574. The first-order valence-corrected chi connectivity index (χ1v) is 4.66. The van der Waals surface area contributed by atoms with Crippen molar-refractivity contribution in [2.24, 2.45) is 5.73 Å². The predicted molar refractivity (Wildman–Crippen MR) is 55.6 cm³/mol. The molecule has 0 radical (unpaired) electrons. The van der Waals surface area contributed by atoms with Crippen molar-refractivity contribution in [1.29, 1.82) is 0 Å². The molecule has 0 aliphatic carbocycles. The van der Waals surface area contributed by atoms with Crippen LogP contribution in [0.25, 0.3) is 0 Å². The van der Waals surface area contributed by atoms with E-state index in [-0.39, 0.29) is 12.5 Å². The average Bonchev–Trinajstić information content (AvgIpc) is 2.19. The van der Waals surface area contributed by atoms with Gasteiger partial charge < -0.3 is 15.4 Å². The van der Waals surface area contributed by atoms with Gasteiger partial charge in [0.25, 0.3) is 5.91 Å². The monoisotopic (exact) mass is 198 g/mol. The van der Waals surface area contributed by atoms with Crippen molar-refractivity contribution >= 4 is 5.91 Å². The van der Waals surface area contributed by atoms with Gasteiger partial charge in [0.15, 0.2) is 0 Å². The molecule has 0 aromatic rings. The summed E-state index contributed by atoms with van der Waals surface area (Å²) in [5.41, 5.74) is 5.39. The van der Waals surface area contributed by atoms with E-state index >= 15 is 0 Å². The standard InChI is InChI=1S/C10H18N2O2/c1-4-6-12(7-5-2)10(13)9(8-11)14-3/h1,9H,5-8,11H2,2-3H3. The van der Waals surface area contributed by atoms with E-state index in [0.717, 1.165) is 6.42 Å². The summed E-state index contributed by atoms with van der Waals surface area (Å²) in [4.78, 5) is 13.3. The van der Waals surface area contributed by atoms with E-state index in [1.54, 1.807) is 4.90 Å². The third-order valence-electron chi connectivity index (χ3n) is 1.86. The van der Waals surface area contributed by atoms with Gasteiger partial charge in [0.1, 0.15) is 6.10 Å². The second-order valence-electron chi connectivity index (χ2n) is 2.92. The van der Waals surface area contributed by atoms with Crippen LogP contribution in [0.5, 0.6) is 0 Å². The van der Waals surface area contributed by atoms with Crippen molar-refractivity contribution in [3.8, 4) is 12.3 Å². The largest absolute Gasteiger partial charge is 0.370 e. The highest BCUT2D eigenvalue weighted by Gasteiger charge is 2.21. The van der Waals surface area contributed by atoms with Crippen LogP contribution in [0.3, 0.4) is 0 Å². The maximum atomic E-state index is 11.7. The molecule has 1 amide bonds. The molecular formula is C10H18N2O2. The zero-order valence-electron chi connectivity index (χ0n) is 8.82. The van der Waals surface area contributed by atoms with Crippen molar-refractivity contribution in [1.82, 2.24) is 4.90 Å². The Morgan fingerprint density at radius 2 is 2.36 bits per heavy atom. The number of nitrogens with two attached hydrogens (primary N) is 1. The van der Waals surface area contributed by atoms with Crippen molar-refractivity contribution in [3.05, 3.63) is 0 Å². The highest BCUT2D eigenvalue weighted by atomic mass is 16.5. The van der Waals surface area contributed by atoms with E-state index in [1.165, 1.54) is 7.11 Å². The molecule has 0 saturated heterocycles. The van der Waals surface area contributed by atoms with Crippen molar-refractivity contribution in [2.45, 2.75) is 19.4 Å². The minimum Gasteiger partial charge on any atom is -0.370 e. The summed E-state index contributed by atoms with van der Waals surface area (Å²) in [6, 6.07) is 0. The van der Waals surface area contributed by atoms with Crippen LogP contribution in [-0.2, 0) is 9.53 Å². The Bertz CT molecular complexity index is 207. The Labute approximate surface area is 85.4 Å². The lowest BCUT2D eigenvalue weighted by Crippen LogP contribution is -2.44. The quantitative estimate of drug-likeness (QED) is 0.603. The van der Waals surface area contributed by atoms with Crippen molar-refractivity contribution in [3.63, 3.8) is 0 Å². The number of hydrogen-bond acceptors (Lipinski definition) is 3. The van der Waals surface area contributed by atoms with Gasteiger partial charge in [0.05, 0.1) is 6.54 Å². The van der Waals surface area contributed by atoms with Crippen LogP contribution in [0, 0.1) is 12.3 Å². The number of carbonyl (C=O) groups is 1. The molecule has 1 unspecified atom stereocenters. The summed E-state index contributed by atoms with van der Waals surface area (Å²) < 4.78 is 4.95. The Kier molecular flexibility index (Phi) is 6.81. The zero-order valence-corrected chi connectivity index (χ0v) is 8.82. The van der Waals surface area contributed by atoms with E-state index in [4.69, 9.17) is 16.9 Å². The van der Waals surface area contributed by atoms with Crippen LogP contribution in [0.4, 0.5) is 0 Å². The second-order valence-corrected chi connectivity index (χ2v) is 2.92. The minimum absolute atomic E-state index is 0.130. The van der Waals surface area contributed by atoms with E-state index in [2.05, 4.69) is 5.92 Å². The number of methoxy groups -OCH3 is 1. The number of nitrogens with zero attached hydrogens (tertiary/aromatic N) is 1. The SMILES string of the molecule is C#CCN(CCC)C(=O)C(CN)OC. The summed E-state index contributed by atoms with van der Waals surface area (Å²) in [6.45, 7) is 3.12. The smallest absolute Gasteiger partial charge is 0.253 e. The average molecular weight is 198 g/mol. The summed E-state index contributed by atoms with van der Waals surface area (Å²) >= 11 is 0. The van der Waals surface area contributed by atoms with Gasteiger partial charge in [0, 0.05) is 20.2 Å². The second kappa shape index (κ2) is 7.36. The Balaban J connectivity index is 4.33. The molecule has 0 aliphatic rings. The van der Waals surface area contributed by atoms with Crippen LogP contribution in [0.2, 0.25) is 0 Å². The Morgan fingerprint density at radius 3 is 2.71 bits per heavy atom. The van der Waals surface area contributed by atoms with E-state index in [9.17, 15) is 4.79 Å².